The van der Waals surface area contributed by atoms with Crippen LogP contribution in [0, 0.1) is 0 Å². The molecule has 0 aromatic heterocycles. The van der Waals surface area contributed by atoms with Crippen molar-refractivity contribution in [2.24, 2.45) is 0 Å². The van der Waals surface area contributed by atoms with E-state index in [0.717, 1.165) is 0 Å². The lowest BCUT2D eigenvalue weighted by Gasteiger charge is -2.21. The fraction of sp³-hybridized carbons (Fsp3) is 0.700. The minimum absolute atomic E-state index is 0.0415. The summed E-state index contributed by atoms with van der Waals surface area (Å²) in [5.41, 5.74) is 0. The highest BCUT2D eigenvalue weighted by atomic mass is 16.5. The minimum Gasteiger partial charge on any atom is -0.467 e. The Labute approximate surface area is 98.3 Å². The summed E-state index contributed by atoms with van der Waals surface area (Å²) >= 11 is 0. The zero-order valence-electron chi connectivity index (χ0n) is 9.71. The van der Waals surface area contributed by atoms with E-state index in [1.807, 2.05) is 0 Å². The van der Waals surface area contributed by atoms with Crippen LogP contribution in [0.15, 0.2) is 0 Å². The molecule has 1 aliphatic heterocycles. The topological polar surface area (TPSA) is 93.1 Å². The van der Waals surface area contributed by atoms with Gasteiger partial charge in [-0.25, -0.2) is 4.79 Å². The number of hydrogen-bond acceptors (Lipinski definition) is 6. The van der Waals surface area contributed by atoms with Gasteiger partial charge in [0, 0.05) is 19.9 Å². The van der Waals surface area contributed by atoms with E-state index in [0.29, 0.717) is 0 Å². The quantitative estimate of drug-likeness (QED) is 0.620. The third-order valence-electron chi connectivity index (χ3n) is 2.47. The first-order chi connectivity index (χ1) is 7.95. The number of ether oxygens (including phenoxy) is 2. The second-order valence-electron chi connectivity index (χ2n) is 3.75. The second kappa shape index (κ2) is 5.62. The van der Waals surface area contributed by atoms with Crippen molar-refractivity contribution < 1.29 is 29.0 Å². The fourth-order valence-electron chi connectivity index (χ4n) is 1.70. The Morgan fingerprint density at radius 1 is 1.41 bits per heavy atom. The van der Waals surface area contributed by atoms with E-state index in [-0.39, 0.29) is 13.0 Å². The highest BCUT2D eigenvalue weighted by Crippen LogP contribution is 2.19. The maximum atomic E-state index is 11.7. The van der Waals surface area contributed by atoms with E-state index in [2.05, 4.69) is 9.47 Å². The molecule has 1 rings (SSSR count). The van der Waals surface area contributed by atoms with Crippen molar-refractivity contribution >= 4 is 17.8 Å². The van der Waals surface area contributed by atoms with E-state index in [9.17, 15) is 19.5 Å². The Balaban J connectivity index is 2.63. The number of amides is 1. The summed E-state index contributed by atoms with van der Waals surface area (Å²) in [7, 11) is 1.21. The Bertz CT molecular complexity index is 329. The molecule has 0 aromatic rings. The summed E-state index contributed by atoms with van der Waals surface area (Å²) in [6.07, 6.45) is -0.626. The molecule has 0 unspecified atom stereocenters. The number of methoxy groups -OCH3 is 1. The van der Waals surface area contributed by atoms with E-state index in [4.69, 9.17) is 0 Å². The van der Waals surface area contributed by atoms with Crippen LogP contribution in [0.3, 0.4) is 0 Å². The first kappa shape index (κ1) is 13.4. The van der Waals surface area contributed by atoms with Gasteiger partial charge in [0.05, 0.1) is 13.2 Å². The van der Waals surface area contributed by atoms with Gasteiger partial charge in [-0.05, 0) is 0 Å². The van der Waals surface area contributed by atoms with Crippen LogP contribution in [-0.2, 0) is 23.9 Å². The molecule has 1 saturated heterocycles. The Kier molecular flexibility index (Phi) is 4.45. The van der Waals surface area contributed by atoms with Crippen molar-refractivity contribution in [3.63, 3.8) is 0 Å². The Hall–Kier alpha value is -1.63. The molecule has 1 amide bonds. The smallest absolute Gasteiger partial charge is 0.328 e. The number of carbonyl (C=O) groups is 3. The lowest BCUT2D eigenvalue weighted by atomic mass is 10.2. The van der Waals surface area contributed by atoms with Gasteiger partial charge in [-0.15, -0.1) is 0 Å². The van der Waals surface area contributed by atoms with Gasteiger partial charge in [0.2, 0.25) is 0 Å². The number of likely N-dealkylation sites (tertiary alicyclic amines) is 1. The van der Waals surface area contributed by atoms with E-state index in [1.165, 1.54) is 18.9 Å². The Morgan fingerprint density at radius 2 is 2.06 bits per heavy atom. The summed E-state index contributed by atoms with van der Waals surface area (Å²) in [5.74, 6) is -1.68. The van der Waals surface area contributed by atoms with Crippen molar-refractivity contribution in [3.05, 3.63) is 0 Å². The van der Waals surface area contributed by atoms with Crippen molar-refractivity contribution in [3.8, 4) is 0 Å². The third-order valence-corrected chi connectivity index (χ3v) is 2.47. The van der Waals surface area contributed by atoms with Crippen LogP contribution in [-0.4, -0.2) is 60.3 Å². The van der Waals surface area contributed by atoms with Gasteiger partial charge in [-0.3, -0.25) is 9.59 Å². The predicted octanol–water partition coefficient (Wildman–Crippen LogP) is -1.32. The van der Waals surface area contributed by atoms with Crippen molar-refractivity contribution in [2.45, 2.75) is 25.5 Å². The number of hydrogen-bond donors (Lipinski definition) is 1. The molecule has 96 valence electrons. The van der Waals surface area contributed by atoms with Gasteiger partial charge >= 0.3 is 11.9 Å². The van der Waals surface area contributed by atoms with Crippen LogP contribution >= 0.6 is 0 Å². The van der Waals surface area contributed by atoms with E-state index in [1.54, 1.807) is 0 Å². The van der Waals surface area contributed by atoms with Gasteiger partial charge in [0.1, 0.15) is 6.04 Å². The molecule has 0 radical (unpaired) electrons. The maximum absolute atomic E-state index is 11.7. The van der Waals surface area contributed by atoms with Crippen LogP contribution in [0.1, 0.15) is 13.3 Å². The van der Waals surface area contributed by atoms with Crippen molar-refractivity contribution in [1.82, 2.24) is 4.90 Å². The molecule has 7 nitrogen and oxygen atoms in total. The summed E-state index contributed by atoms with van der Waals surface area (Å²) in [5, 5.41) is 9.43. The van der Waals surface area contributed by atoms with Gasteiger partial charge < -0.3 is 19.5 Å². The molecule has 1 heterocycles. The molecule has 17 heavy (non-hydrogen) atoms. The minimum atomic E-state index is -0.807. The number of aliphatic hydroxyl groups excluding tert-OH is 1. The highest BCUT2D eigenvalue weighted by molar-refractivity contribution is 5.86. The monoisotopic (exact) mass is 245 g/mol. The molecule has 0 bridgehead atoms. The largest absolute Gasteiger partial charge is 0.467 e. The Morgan fingerprint density at radius 3 is 2.59 bits per heavy atom. The molecule has 1 aliphatic rings. The average Bonchev–Trinajstić information content (AvgIpc) is 2.67. The van der Waals surface area contributed by atoms with Crippen LogP contribution in [0.4, 0.5) is 0 Å². The van der Waals surface area contributed by atoms with Gasteiger partial charge in [0.15, 0.2) is 6.61 Å². The normalized spacial score (nSPS) is 23.4. The lowest BCUT2D eigenvalue weighted by molar-refractivity contribution is -0.155. The SMILES string of the molecule is COC(=O)[C@@H]1C[C@@H](O)CN1C(=O)COC(C)=O. The first-order valence-electron chi connectivity index (χ1n) is 5.14. The maximum Gasteiger partial charge on any atom is 0.328 e. The van der Waals surface area contributed by atoms with Crippen LogP contribution in [0.2, 0.25) is 0 Å². The summed E-state index contributed by atoms with van der Waals surface area (Å²) in [6, 6.07) is -0.807. The molecule has 0 saturated carbocycles. The summed E-state index contributed by atoms with van der Waals surface area (Å²) in [6.45, 7) is 0.791. The molecule has 2 atom stereocenters. The molecular formula is C10H15NO6. The average molecular weight is 245 g/mol. The van der Waals surface area contributed by atoms with Crippen molar-refractivity contribution in [1.29, 1.82) is 0 Å². The number of aliphatic hydroxyl groups is 1. The summed E-state index contributed by atoms with van der Waals surface area (Å²) < 4.78 is 9.09. The lowest BCUT2D eigenvalue weighted by Crippen LogP contribution is -2.43. The van der Waals surface area contributed by atoms with Crippen molar-refractivity contribution in [2.75, 3.05) is 20.3 Å². The molecule has 0 aliphatic carbocycles. The molecule has 1 fully saturated rings. The van der Waals surface area contributed by atoms with Crippen LogP contribution in [0.25, 0.3) is 0 Å². The van der Waals surface area contributed by atoms with Crippen LogP contribution in [0.5, 0.6) is 0 Å². The standard InChI is InChI=1S/C10H15NO6/c1-6(12)17-5-9(14)11-4-7(13)3-8(11)10(15)16-2/h7-8,13H,3-5H2,1-2H3/t7-,8+/m1/s1. The predicted molar refractivity (Wildman–Crippen MR) is 54.8 cm³/mol. The van der Waals surface area contributed by atoms with E-state index < -0.39 is 36.6 Å². The number of β-amino-alcohol motifs (C(OH)–C–C–N with tert-alkyl or cyclic N) is 1. The molecule has 0 aromatic carbocycles. The zero-order chi connectivity index (χ0) is 13.0. The molecule has 1 N–H and O–H groups in total. The van der Waals surface area contributed by atoms with Crippen LogP contribution < -0.4 is 0 Å². The van der Waals surface area contributed by atoms with Gasteiger partial charge in [0.25, 0.3) is 5.91 Å². The second-order valence-corrected chi connectivity index (χ2v) is 3.75. The van der Waals surface area contributed by atoms with Gasteiger partial charge in [-0.2, -0.15) is 0 Å². The number of esters is 2. The van der Waals surface area contributed by atoms with E-state index >= 15 is 0 Å². The van der Waals surface area contributed by atoms with Gasteiger partial charge in [-0.1, -0.05) is 0 Å². The first-order valence-corrected chi connectivity index (χ1v) is 5.14. The third kappa shape index (κ3) is 3.42. The fourth-order valence-corrected chi connectivity index (χ4v) is 1.70. The number of carbonyl (C=O) groups excluding carboxylic acids is 3. The molecule has 7 heteroatoms. The highest BCUT2D eigenvalue weighted by Gasteiger charge is 2.39. The number of rotatable bonds is 3. The molecular weight excluding hydrogens is 230 g/mol. The zero-order valence-corrected chi connectivity index (χ0v) is 9.71. The number of nitrogens with zero attached hydrogens (tertiary/aromatic N) is 1. The molecule has 0 spiro atoms. The summed E-state index contributed by atoms with van der Waals surface area (Å²) in [4.78, 5) is 34.8.